The number of phenolic OH excluding ortho intramolecular Hbond substituents is 1. The van der Waals surface area contributed by atoms with Crippen molar-refractivity contribution >= 4 is 146 Å². The molecular weight excluding hydrogens is 1760 g/mol. The standard InChI is InChI=1S/C88H119N23O22S/c1-7-9-20-66-81(126)99-57(27-28-74(118)119)77(122)106-65(76(121)96-41-72(92)116)43-134-44-73(117)98-60(30-47-23-25-51(112)26-24-47)84(129)107(4)46(3)75(120)102-62(35-70(90)114)86(131)110-29-15-22-67(110)82(127)101-59(33-50-40-93-45-97-50)79(124)104-63(36-71(91)115)87(132)111-42-52(113)34-69(111)83(128)100-58(31-48-38-94-55-18-13-11-16-53(48)55)78(123)105-64(37-89)80(125)103-61(32-49-39-95-56-19-14-12-17-54(49)56)85(130)109(6)68(21-10-8-2)88(133)108(66)5/h11-14,16-19,23-26,38-40,45-46,52,57-69,94-95,112-113H,7-10,15,20-22,27-37,41-44,89H2,1-6H3,(H2,90,114)(H2,91,115)(H2,92,116)(H,93,97)(H,96,121)(H,98,117)(H,99,126)(H,100,128)(H,101,127)(H,102,120)(H,103,125)(H,104,124)(H,105,123)(H,106,122)(H,118,119)/t46-,52+,57-,58-,59-,60-,61-,62+,63-,64-,65-,66-,67-,68-,69-/m0/s1. The van der Waals surface area contributed by atoms with E-state index in [4.69, 9.17) is 22.9 Å². The molecule has 3 fully saturated rings. The fourth-order valence-electron chi connectivity index (χ4n) is 16.3. The number of rotatable bonds is 25. The summed E-state index contributed by atoms with van der Waals surface area (Å²) in [5.41, 5.74) is 25.9. The molecule has 0 unspecified atom stereocenters. The van der Waals surface area contributed by atoms with Crippen molar-refractivity contribution in [3.63, 3.8) is 0 Å². The van der Waals surface area contributed by atoms with Crippen LogP contribution in [0, 0.1) is 0 Å². The molecule has 0 radical (unpaired) electrons. The van der Waals surface area contributed by atoms with Gasteiger partial charge in [-0.25, -0.2) is 4.98 Å². The third kappa shape index (κ3) is 28.3. The molecule has 724 valence electrons. The van der Waals surface area contributed by atoms with Gasteiger partial charge in [0.25, 0.3) is 0 Å². The SMILES string of the molecule is CCCC[C@H]1C(=O)N(C)[C@@H](CCCC)C(=O)N[C@@H](CCC(=O)O)C(=O)N[C@H](C(=O)NCC(N)=O)CSCC(=O)N[C@@H](Cc2ccc(O)cc2)C(=O)N(C)[C@@H](C)C(=O)N[C@H](CC(N)=O)C(=O)N2CCC[C@H]2C(=O)N[C@@H](Cc2c[nH]cn2)C(=O)N[C@@H](CC(N)=O)C(=O)N2C[C@H](O)C[C@H]2C(=O)N[C@@H](Cc2c[nH]c3ccccc23)C(=O)N[C@@H](CN)C(=O)N[C@@H](Cc2c[nH]c3ccccc23)C(=O)N1C. The Balaban J connectivity index is 1.10. The summed E-state index contributed by atoms with van der Waals surface area (Å²) >= 11 is 0.698. The molecule has 0 aliphatic carbocycles. The first kappa shape index (κ1) is 104. The van der Waals surface area contributed by atoms with Gasteiger partial charge in [0.2, 0.25) is 106 Å². The number of imidazole rings is 1. The number of amides is 18. The van der Waals surface area contributed by atoms with Gasteiger partial charge >= 0.3 is 5.97 Å². The smallest absolute Gasteiger partial charge is 0.303 e. The van der Waals surface area contributed by atoms with Gasteiger partial charge in [0.15, 0.2) is 0 Å². The Bertz CT molecular complexity index is 5260. The number of benzene rings is 3. The van der Waals surface area contributed by atoms with Gasteiger partial charge in [-0.3, -0.25) is 91.1 Å². The van der Waals surface area contributed by atoms with Gasteiger partial charge in [-0.15, -0.1) is 11.8 Å². The lowest BCUT2D eigenvalue weighted by atomic mass is 10.00. The molecule has 24 N–H and O–H groups in total. The van der Waals surface area contributed by atoms with Crippen LogP contribution in [0.25, 0.3) is 21.8 Å². The minimum atomic E-state index is -1.96. The van der Waals surface area contributed by atoms with Gasteiger partial charge in [0.1, 0.15) is 90.3 Å². The molecule has 0 bridgehead atoms. The molecule has 3 aromatic carbocycles. The van der Waals surface area contributed by atoms with Gasteiger partial charge < -0.3 is 131 Å². The predicted molar refractivity (Wildman–Crippen MR) is 484 cm³/mol. The largest absolute Gasteiger partial charge is 0.508 e. The number of nitrogens with one attached hydrogen (secondary N) is 13. The van der Waals surface area contributed by atoms with Crippen LogP contribution in [-0.2, 0) is 117 Å². The first-order valence-corrected chi connectivity index (χ1v) is 45.2. The van der Waals surface area contributed by atoms with Gasteiger partial charge in [0.05, 0.1) is 43.3 Å². The van der Waals surface area contributed by atoms with Gasteiger partial charge in [-0.1, -0.05) is 88.1 Å². The van der Waals surface area contributed by atoms with E-state index in [-0.39, 0.29) is 69.4 Å². The van der Waals surface area contributed by atoms with Crippen molar-refractivity contribution in [3.05, 3.63) is 120 Å². The molecule has 6 aromatic rings. The number of nitrogens with two attached hydrogens (primary N) is 4. The number of carboxylic acids is 1. The van der Waals surface area contributed by atoms with E-state index in [0.29, 0.717) is 69.5 Å². The summed E-state index contributed by atoms with van der Waals surface area (Å²) in [4.78, 5) is 293. The van der Waals surface area contributed by atoms with Crippen LogP contribution in [0.15, 0.2) is 97.7 Å². The quantitative estimate of drug-likeness (QED) is 0.0257. The van der Waals surface area contributed by atoms with Crippen molar-refractivity contribution in [1.29, 1.82) is 0 Å². The molecule has 134 heavy (non-hydrogen) atoms. The van der Waals surface area contributed by atoms with Crippen LogP contribution in [0.3, 0.4) is 0 Å². The molecule has 3 saturated heterocycles. The van der Waals surface area contributed by atoms with E-state index < -0.39 is 273 Å². The number of carbonyl (C=O) groups excluding carboxylic acids is 18. The first-order valence-electron chi connectivity index (χ1n) is 44.1. The van der Waals surface area contributed by atoms with Crippen molar-refractivity contribution in [3.8, 4) is 5.75 Å². The Hall–Kier alpha value is -14.1. The fraction of sp³-hybridized carbons (Fsp3) is 0.500. The zero-order valence-electron chi connectivity index (χ0n) is 75.2. The molecule has 45 nitrogen and oxygen atoms in total. The third-order valence-corrected chi connectivity index (χ3v) is 24.8. The molecular formula is C88H119N23O22S. The molecule has 0 saturated carbocycles. The summed E-state index contributed by atoms with van der Waals surface area (Å²) in [5.74, 6) is -21.3. The van der Waals surface area contributed by atoms with Crippen molar-refractivity contribution in [2.45, 2.75) is 221 Å². The second kappa shape index (κ2) is 48.9. The van der Waals surface area contributed by atoms with E-state index in [1.54, 1.807) is 67.8 Å². The highest BCUT2D eigenvalue weighted by atomic mass is 32.2. The van der Waals surface area contributed by atoms with Crippen LogP contribution in [0.2, 0.25) is 0 Å². The minimum Gasteiger partial charge on any atom is -0.508 e. The number of aromatic nitrogens is 4. The summed E-state index contributed by atoms with van der Waals surface area (Å²) in [6.07, 6.45) is 0.645. The van der Waals surface area contributed by atoms with Crippen LogP contribution in [0.4, 0.5) is 0 Å². The average molecular weight is 1880 g/mol. The van der Waals surface area contributed by atoms with Crippen LogP contribution in [0.1, 0.15) is 127 Å². The second-order valence-corrected chi connectivity index (χ2v) is 34.5. The van der Waals surface area contributed by atoms with Crippen molar-refractivity contribution in [2.75, 3.05) is 58.8 Å². The van der Waals surface area contributed by atoms with Crippen molar-refractivity contribution in [2.24, 2.45) is 22.9 Å². The average Bonchev–Trinajstić information content (AvgIpc) is 1.63. The number of H-pyrrole nitrogens is 3. The highest BCUT2D eigenvalue weighted by Gasteiger charge is 2.47. The molecule has 46 heteroatoms. The number of aromatic amines is 3. The van der Waals surface area contributed by atoms with Gasteiger partial charge in [-0.05, 0) is 80.0 Å². The maximum Gasteiger partial charge on any atom is 0.303 e. The molecule has 3 aliphatic heterocycles. The highest BCUT2D eigenvalue weighted by Crippen LogP contribution is 2.28. The summed E-state index contributed by atoms with van der Waals surface area (Å²) in [6.45, 7) is 2.63. The number of para-hydroxylation sites is 2. The second-order valence-electron chi connectivity index (χ2n) is 33.5. The first-order chi connectivity index (χ1) is 63.8. The lowest BCUT2D eigenvalue weighted by Crippen LogP contribution is -2.62. The number of nitrogens with zero attached hydrogens (tertiary/aromatic N) is 6. The van der Waals surface area contributed by atoms with E-state index in [1.165, 1.54) is 64.9 Å². The Morgan fingerprint density at radius 2 is 1.03 bits per heavy atom. The summed E-state index contributed by atoms with van der Waals surface area (Å²) in [7, 11) is 3.78. The monoisotopic (exact) mass is 1880 g/mol. The molecule has 18 amide bonds. The number of carboxylic acid groups (broad SMARTS) is 1. The lowest BCUT2D eigenvalue weighted by molar-refractivity contribution is -0.149. The van der Waals surface area contributed by atoms with E-state index in [9.17, 15) is 72.9 Å². The fourth-order valence-corrected chi connectivity index (χ4v) is 17.1. The minimum absolute atomic E-state index is 0.0439. The van der Waals surface area contributed by atoms with Crippen LogP contribution in [0.5, 0.6) is 5.75 Å². The predicted octanol–water partition coefficient (Wildman–Crippen LogP) is -4.53. The number of aromatic hydroxyl groups is 1. The van der Waals surface area contributed by atoms with Crippen molar-refractivity contribution < 1.29 is 106 Å². The number of thioether (sulfide) groups is 1. The number of aliphatic hydroxyl groups excluding tert-OH is 1. The summed E-state index contributed by atoms with van der Waals surface area (Å²) in [5, 5.41) is 58.3. The lowest BCUT2D eigenvalue weighted by Gasteiger charge is -2.36. The number of carbonyl (C=O) groups is 19. The number of aliphatic hydroxyl groups is 1. The van der Waals surface area contributed by atoms with E-state index in [2.05, 4.69) is 73.1 Å². The van der Waals surface area contributed by atoms with Gasteiger partial charge in [-0.2, -0.15) is 0 Å². The maximum absolute atomic E-state index is 15.7. The molecule has 9 rings (SSSR count). The number of hydrogen-bond acceptors (Lipinski definition) is 24. The highest BCUT2D eigenvalue weighted by molar-refractivity contribution is 8.00. The number of aliphatic carboxylic acids is 1. The Morgan fingerprint density at radius 3 is 1.60 bits per heavy atom. The third-order valence-electron chi connectivity index (χ3n) is 23.7. The molecule has 0 spiro atoms. The molecule has 6 heterocycles. The van der Waals surface area contributed by atoms with E-state index in [1.807, 2.05) is 6.92 Å². The topological polar surface area (TPSA) is 686 Å². The zero-order valence-corrected chi connectivity index (χ0v) is 76.0. The molecule has 15 atom stereocenters. The number of primary amides is 3. The summed E-state index contributed by atoms with van der Waals surface area (Å²) in [6, 6.07) is -3.82. The van der Waals surface area contributed by atoms with Crippen molar-refractivity contribution in [1.82, 2.24) is 97.6 Å². The normalized spacial score (nSPS) is 24.8. The number of likely N-dealkylation sites (N-methyl/N-ethyl adjacent to an activating group) is 3. The molecule has 3 aliphatic rings. The number of fused-ring (bicyclic) bond motifs is 4. The maximum atomic E-state index is 15.7. The number of hydrogen-bond donors (Lipinski definition) is 20. The van der Waals surface area contributed by atoms with Gasteiger partial charge in [0, 0.05) is 125 Å². The summed E-state index contributed by atoms with van der Waals surface area (Å²) < 4.78 is 0. The zero-order chi connectivity index (χ0) is 97.9. The number of unbranched alkanes of at least 4 members (excludes halogenated alkanes) is 2. The Morgan fingerprint density at radius 1 is 0.522 bits per heavy atom. The molecule has 3 aromatic heterocycles. The number of phenols is 1. The van der Waals surface area contributed by atoms with E-state index >= 15 is 33.6 Å². The Kier molecular flexibility index (Phi) is 37.8. The van der Waals surface area contributed by atoms with Crippen LogP contribution >= 0.6 is 11.8 Å². The van der Waals surface area contributed by atoms with Crippen LogP contribution < -0.4 is 76.1 Å². The Labute approximate surface area is 774 Å². The van der Waals surface area contributed by atoms with E-state index in [0.717, 1.165) is 24.5 Å². The van der Waals surface area contributed by atoms with Crippen LogP contribution in [-0.4, -0.2) is 322 Å².